The second-order valence-electron chi connectivity index (χ2n) is 8.00. The molecule has 6 atom stereocenters. The van der Waals surface area contributed by atoms with E-state index in [-0.39, 0.29) is 17.3 Å². The Kier molecular flexibility index (Phi) is 2.03. The van der Waals surface area contributed by atoms with Gasteiger partial charge in [0.05, 0.1) is 23.4 Å². The van der Waals surface area contributed by atoms with Crippen molar-refractivity contribution in [3.63, 3.8) is 0 Å². The standard InChI is InChI=1S/C15H24O3/c1-13(2)7-10(12-15(4,8-13)18-12)16-9-5-6-14(3)11(9)17-14/h9-12H,5-8H2,1-4H3/t9?,10?,11-,12?,14?,15?/m0/s1. The van der Waals surface area contributed by atoms with Gasteiger partial charge in [-0.3, -0.25) is 0 Å². The molecule has 102 valence electrons. The highest BCUT2D eigenvalue weighted by molar-refractivity contribution is 5.13. The molecule has 3 nitrogen and oxygen atoms in total. The zero-order valence-electron chi connectivity index (χ0n) is 11.9. The molecule has 18 heavy (non-hydrogen) atoms. The summed E-state index contributed by atoms with van der Waals surface area (Å²) in [5.41, 5.74) is 0.556. The van der Waals surface area contributed by atoms with Gasteiger partial charge in [-0.15, -0.1) is 0 Å². The van der Waals surface area contributed by atoms with E-state index in [2.05, 4.69) is 27.7 Å². The van der Waals surface area contributed by atoms with Crippen LogP contribution >= 0.6 is 0 Å². The molecular weight excluding hydrogens is 228 g/mol. The second-order valence-corrected chi connectivity index (χ2v) is 8.00. The summed E-state index contributed by atoms with van der Waals surface area (Å²) >= 11 is 0. The highest BCUT2D eigenvalue weighted by atomic mass is 16.7. The molecule has 2 aliphatic heterocycles. The highest BCUT2D eigenvalue weighted by Crippen LogP contribution is 2.57. The van der Waals surface area contributed by atoms with Gasteiger partial charge in [-0.25, -0.2) is 0 Å². The molecule has 3 heteroatoms. The summed E-state index contributed by atoms with van der Waals surface area (Å²) in [6, 6.07) is 0. The fraction of sp³-hybridized carbons (Fsp3) is 1.00. The molecule has 0 spiro atoms. The Labute approximate surface area is 109 Å². The van der Waals surface area contributed by atoms with Crippen LogP contribution in [0, 0.1) is 5.41 Å². The lowest BCUT2D eigenvalue weighted by molar-refractivity contribution is -0.0645. The Balaban J connectivity index is 1.46. The maximum absolute atomic E-state index is 6.38. The lowest BCUT2D eigenvalue weighted by Gasteiger charge is -2.36. The summed E-state index contributed by atoms with van der Waals surface area (Å²) in [5.74, 6) is 0. The van der Waals surface area contributed by atoms with E-state index in [4.69, 9.17) is 14.2 Å². The molecule has 0 amide bonds. The van der Waals surface area contributed by atoms with Crippen molar-refractivity contribution in [2.45, 2.75) is 89.0 Å². The quantitative estimate of drug-likeness (QED) is 0.709. The Morgan fingerprint density at radius 3 is 2.22 bits per heavy atom. The first-order valence-electron chi connectivity index (χ1n) is 7.33. The molecule has 2 saturated carbocycles. The summed E-state index contributed by atoms with van der Waals surface area (Å²) in [5, 5.41) is 0. The molecule has 5 unspecified atom stereocenters. The first-order chi connectivity index (χ1) is 8.31. The lowest BCUT2D eigenvalue weighted by atomic mass is 9.71. The first kappa shape index (κ1) is 11.7. The molecule has 0 aromatic carbocycles. The highest BCUT2D eigenvalue weighted by Gasteiger charge is 2.66. The van der Waals surface area contributed by atoms with Crippen LogP contribution in [0.2, 0.25) is 0 Å². The van der Waals surface area contributed by atoms with Gasteiger partial charge in [-0.2, -0.15) is 0 Å². The van der Waals surface area contributed by atoms with E-state index >= 15 is 0 Å². The molecular formula is C15H24O3. The summed E-state index contributed by atoms with van der Waals surface area (Å²) in [7, 11) is 0. The summed E-state index contributed by atoms with van der Waals surface area (Å²) in [4.78, 5) is 0. The van der Waals surface area contributed by atoms with Crippen LogP contribution in [-0.2, 0) is 14.2 Å². The molecule has 4 aliphatic rings. The number of fused-ring (bicyclic) bond motifs is 2. The third-order valence-electron chi connectivity index (χ3n) is 5.42. The van der Waals surface area contributed by atoms with Crippen molar-refractivity contribution in [2.75, 3.05) is 0 Å². The number of hydrogen-bond acceptors (Lipinski definition) is 3. The van der Waals surface area contributed by atoms with Gasteiger partial charge in [-0.1, -0.05) is 13.8 Å². The molecule has 2 heterocycles. The SMILES string of the molecule is CC1(C)CC(OC2CCC3(C)O[C@@H]23)C2OC2(C)C1. The van der Waals surface area contributed by atoms with E-state index in [0.29, 0.717) is 23.7 Å². The Morgan fingerprint density at radius 2 is 1.61 bits per heavy atom. The van der Waals surface area contributed by atoms with Gasteiger partial charge in [-0.05, 0) is 44.9 Å². The van der Waals surface area contributed by atoms with E-state index in [9.17, 15) is 0 Å². The Bertz CT molecular complexity index is 390. The molecule has 0 bridgehead atoms. The predicted molar refractivity (Wildman–Crippen MR) is 67.5 cm³/mol. The number of ether oxygens (including phenoxy) is 3. The van der Waals surface area contributed by atoms with Gasteiger partial charge >= 0.3 is 0 Å². The number of epoxide rings is 2. The minimum absolute atomic E-state index is 0.0821. The van der Waals surface area contributed by atoms with Gasteiger partial charge in [0, 0.05) is 0 Å². The van der Waals surface area contributed by atoms with Crippen LogP contribution in [0.25, 0.3) is 0 Å². The van der Waals surface area contributed by atoms with Gasteiger partial charge in [0.15, 0.2) is 0 Å². The van der Waals surface area contributed by atoms with Crippen molar-refractivity contribution in [3.05, 3.63) is 0 Å². The topological polar surface area (TPSA) is 34.3 Å². The number of hydrogen-bond donors (Lipinski definition) is 0. The summed E-state index contributed by atoms with van der Waals surface area (Å²) in [6.45, 7) is 9.11. The fourth-order valence-electron chi connectivity index (χ4n) is 4.53. The summed E-state index contributed by atoms with van der Waals surface area (Å²) < 4.78 is 18.1. The Morgan fingerprint density at radius 1 is 0.944 bits per heavy atom. The predicted octanol–water partition coefficient (Wildman–Crippen LogP) is 2.67. The van der Waals surface area contributed by atoms with Gasteiger partial charge < -0.3 is 14.2 Å². The van der Waals surface area contributed by atoms with Gasteiger partial charge in [0.1, 0.15) is 12.2 Å². The summed E-state index contributed by atoms with van der Waals surface area (Å²) in [6.07, 6.45) is 5.85. The van der Waals surface area contributed by atoms with E-state index in [1.807, 2.05) is 0 Å². The van der Waals surface area contributed by atoms with Gasteiger partial charge in [0.25, 0.3) is 0 Å². The van der Waals surface area contributed by atoms with Crippen molar-refractivity contribution in [1.29, 1.82) is 0 Å². The third kappa shape index (κ3) is 1.60. The zero-order chi connectivity index (χ0) is 12.8. The minimum Gasteiger partial charge on any atom is -0.369 e. The van der Waals surface area contributed by atoms with Crippen molar-refractivity contribution in [3.8, 4) is 0 Å². The van der Waals surface area contributed by atoms with E-state index < -0.39 is 0 Å². The van der Waals surface area contributed by atoms with E-state index in [0.717, 1.165) is 25.7 Å². The van der Waals surface area contributed by atoms with Crippen LogP contribution in [0.3, 0.4) is 0 Å². The molecule has 2 saturated heterocycles. The molecule has 0 radical (unpaired) electrons. The molecule has 0 N–H and O–H groups in total. The number of rotatable bonds is 2. The first-order valence-corrected chi connectivity index (χ1v) is 7.33. The average molecular weight is 252 g/mol. The van der Waals surface area contributed by atoms with Crippen LogP contribution in [-0.4, -0.2) is 35.6 Å². The van der Waals surface area contributed by atoms with Crippen molar-refractivity contribution >= 4 is 0 Å². The molecule has 2 aliphatic carbocycles. The zero-order valence-corrected chi connectivity index (χ0v) is 11.9. The molecule has 0 aromatic rings. The van der Waals surface area contributed by atoms with E-state index in [1.165, 1.54) is 0 Å². The minimum atomic E-state index is 0.0821. The van der Waals surface area contributed by atoms with Crippen LogP contribution in [0.1, 0.15) is 53.4 Å². The normalized spacial score (nSPS) is 60.0. The smallest absolute Gasteiger partial charge is 0.113 e. The largest absolute Gasteiger partial charge is 0.369 e. The monoisotopic (exact) mass is 252 g/mol. The average Bonchev–Trinajstić information content (AvgIpc) is 3.05. The van der Waals surface area contributed by atoms with Crippen molar-refractivity contribution in [1.82, 2.24) is 0 Å². The van der Waals surface area contributed by atoms with Crippen LogP contribution in [0.15, 0.2) is 0 Å². The molecule has 4 rings (SSSR count). The maximum Gasteiger partial charge on any atom is 0.113 e. The van der Waals surface area contributed by atoms with Gasteiger partial charge in [0.2, 0.25) is 0 Å². The third-order valence-corrected chi connectivity index (χ3v) is 5.42. The van der Waals surface area contributed by atoms with Crippen LogP contribution in [0.5, 0.6) is 0 Å². The van der Waals surface area contributed by atoms with Crippen molar-refractivity contribution in [2.24, 2.45) is 5.41 Å². The van der Waals surface area contributed by atoms with E-state index in [1.54, 1.807) is 0 Å². The maximum atomic E-state index is 6.38. The van der Waals surface area contributed by atoms with Crippen molar-refractivity contribution < 1.29 is 14.2 Å². The van der Waals surface area contributed by atoms with Crippen LogP contribution < -0.4 is 0 Å². The second kappa shape index (κ2) is 3.13. The molecule has 0 aromatic heterocycles. The lowest BCUT2D eigenvalue weighted by Crippen LogP contribution is -2.41. The fourth-order valence-corrected chi connectivity index (χ4v) is 4.53. The van der Waals surface area contributed by atoms with Crippen LogP contribution in [0.4, 0.5) is 0 Å². The molecule has 4 fully saturated rings. The Hall–Kier alpha value is -0.120.